The van der Waals surface area contributed by atoms with Gasteiger partial charge in [0.25, 0.3) is 0 Å². The molecule has 2 aromatic rings. The molecule has 1 atom stereocenters. The fraction of sp³-hybridized carbons (Fsp3) is 0.400. The standard InChI is InChI=1S/C15H19NO/c1-10(2)15(17)9-12-8-11(3)16-14-7-5-4-6-13(12)14/h4-8,10,15,17H,9H2,1-3H3. The summed E-state index contributed by atoms with van der Waals surface area (Å²) in [6.07, 6.45) is 0.404. The monoisotopic (exact) mass is 229 g/mol. The zero-order valence-electron chi connectivity index (χ0n) is 10.6. The van der Waals surface area contributed by atoms with Gasteiger partial charge in [-0.3, -0.25) is 4.98 Å². The molecule has 1 aromatic carbocycles. The Balaban J connectivity index is 2.45. The summed E-state index contributed by atoms with van der Waals surface area (Å²) in [5.41, 5.74) is 3.21. The third-order valence-corrected chi connectivity index (χ3v) is 3.13. The van der Waals surface area contributed by atoms with Crippen LogP contribution in [0.25, 0.3) is 10.9 Å². The van der Waals surface area contributed by atoms with Crippen molar-refractivity contribution >= 4 is 10.9 Å². The van der Waals surface area contributed by atoms with Gasteiger partial charge < -0.3 is 5.11 Å². The first-order valence-corrected chi connectivity index (χ1v) is 6.11. The topological polar surface area (TPSA) is 33.1 Å². The minimum absolute atomic E-state index is 0.280. The van der Waals surface area contributed by atoms with Gasteiger partial charge >= 0.3 is 0 Å². The van der Waals surface area contributed by atoms with E-state index >= 15 is 0 Å². The highest BCUT2D eigenvalue weighted by Gasteiger charge is 2.12. The molecule has 1 unspecified atom stereocenters. The summed E-state index contributed by atoms with van der Waals surface area (Å²) < 4.78 is 0. The number of aliphatic hydroxyl groups is 1. The second-order valence-electron chi connectivity index (χ2n) is 4.96. The van der Waals surface area contributed by atoms with Gasteiger partial charge in [0, 0.05) is 11.1 Å². The highest BCUT2D eigenvalue weighted by atomic mass is 16.3. The Labute approximate surface area is 102 Å². The van der Waals surface area contributed by atoms with E-state index in [0.29, 0.717) is 6.42 Å². The molecule has 0 aliphatic rings. The van der Waals surface area contributed by atoms with Gasteiger partial charge in [-0.15, -0.1) is 0 Å². The summed E-state index contributed by atoms with van der Waals surface area (Å²) in [6.45, 7) is 6.08. The quantitative estimate of drug-likeness (QED) is 0.877. The lowest BCUT2D eigenvalue weighted by Crippen LogP contribution is -2.18. The summed E-state index contributed by atoms with van der Waals surface area (Å²) >= 11 is 0. The number of hydrogen-bond donors (Lipinski definition) is 1. The van der Waals surface area contributed by atoms with Gasteiger partial charge in [-0.2, -0.15) is 0 Å². The molecule has 0 amide bonds. The molecule has 0 bridgehead atoms. The Morgan fingerprint density at radius 1 is 1.24 bits per heavy atom. The Morgan fingerprint density at radius 3 is 2.65 bits per heavy atom. The van der Waals surface area contributed by atoms with Crippen LogP contribution in [0.15, 0.2) is 30.3 Å². The first-order valence-electron chi connectivity index (χ1n) is 6.11. The van der Waals surface area contributed by atoms with Crippen molar-refractivity contribution in [3.63, 3.8) is 0 Å². The molecule has 0 fully saturated rings. The number of hydrogen-bond acceptors (Lipinski definition) is 2. The van der Waals surface area contributed by atoms with Crippen molar-refractivity contribution in [1.29, 1.82) is 0 Å². The number of aliphatic hydroxyl groups excluding tert-OH is 1. The van der Waals surface area contributed by atoms with Crippen LogP contribution in [0.3, 0.4) is 0 Å². The Bertz CT molecular complexity index is 519. The van der Waals surface area contributed by atoms with Crippen molar-refractivity contribution in [2.24, 2.45) is 5.92 Å². The molecule has 0 saturated heterocycles. The van der Waals surface area contributed by atoms with E-state index in [-0.39, 0.29) is 12.0 Å². The van der Waals surface area contributed by atoms with Crippen LogP contribution in [0.4, 0.5) is 0 Å². The van der Waals surface area contributed by atoms with E-state index in [4.69, 9.17) is 0 Å². The van der Waals surface area contributed by atoms with E-state index in [2.05, 4.69) is 17.1 Å². The smallest absolute Gasteiger partial charge is 0.0707 e. The zero-order valence-corrected chi connectivity index (χ0v) is 10.6. The van der Waals surface area contributed by atoms with Crippen LogP contribution in [0.2, 0.25) is 0 Å². The summed E-state index contributed by atoms with van der Waals surface area (Å²) in [6, 6.07) is 10.2. The molecule has 17 heavy (non-hydrogen) atoms. The van der Waals surface area contributed by atoms with Crippen LogP contribution < -0.4 is 0 Å². The van der Waals surface area contributed by atoms with Crippen LogP contribution in [0.1, 0.15) is 25.1 Å². The lowest BCUT2D eigenvalue weighted by molar-refractivity contribution is 0.126. The highest BCUT2D eigenvalue weighted by molar-refractivity contribution is 5.82. The van der Waals surface area contributed by atoms with Gasteiger partial charge in [-0.25, -0.2) is 0 Å². The summed E-state index contributed by atoms with van der Waals surface area (Å²) in [4.78, 5) is 4.51. The molecule has 0 spiro atoms. The Morgan fingerprint density at radius 2 is 1.94 bits per heavy atom. The molecule has 1 aromatic heterocycles. The summed E-state index contributed by atoms with van der Waals surface area (Å²) in [5, 5.41) is 11.2. The summed E-state index contributed by atoms with van der Waals surface area (Å²) in [7, 11) is 0. The lowest BCUT2D eigenvalue weighted by Gasteiger charge is -2.16. The second kappa shape index (κ2) is 4.84. The molecule has 1 heterocycles. The average molecular weight is 229 g/mol. The molecule has 1 N–H and O–H groups in total. The Kier molecular flexibility index (Phi) is 3.43. The van der Waals surface area contributed by atoms with Crippen molar-refractivity contribution in [2.45, 2.75) is 33.3 Å². The first-order chi connectivity index (χ1) is 8.08. The fourth-order valence-corrected chi connectivity index (χ4v) is 2.02. The molecule has 90 valence electrons. The molecule has 2 rings (SSSR count). The van der Waals surface area contributed by atoms with Crippen molar-refractivity contribution in [3.8, 4) is 0 Å². The van der Waals surface area contributed by atoms with Crippen molar-refractivity contribution in [3.05, 3.63) is 41.6 Å². The minimum Gasteiger partial charge on any atom is -0.393 e. The second-order valence-corrected chi connectivity index (χ2v) is 4.96. The third kappa shape index (κ3) is 2.64. The Hall–Kier alpha value is -1.41. The summed E-state index contributed by atoms with van der Waals surface area (Å²) in [5.74, 6) is 0.280. The van der Waals surface area contributed by atoms with Crippen molar-refractivity contribution in [1.82, 2.24) is 4.98 Å². The van der Waals surface area contributed by atoms with E-state index in [1.807, 2.05) is 39.0 Å². The molecular formula is C15H19NO. The van der Waals surface area contributed by atoms with Gasteiger partial charge in [-0.1, -0.05) is 32.0 Å². The molecule has 2 nitrogen and oxygen atoms in total. The van der Waals surface area contributed by atoms with Gasteiger partial charge in [0.1, 0.15) is 0 Å². The maximum Gasteiger partial charge on any atom is 0.0707 e. The SMILES string of the molecule is Cc1cc(CC(O)C(C)C)c2ccccc2n1. The van der Waals surface area contributed by atoms with E-state index in [0.717, 1.165) is 16.6 Å². The number of nitrogens with zero attached hydrogens (tertiary/aromatic N) is 1. The van der Waals surface area contributed by atoms with Gasteiger partial charge in [0.2, 0.25) is 0 Å². The number of aryl methyl sites for hydroxylation is 1. The van der Waals surface area contributed by atoms with Gasteiger partial charge in [0.05, 0.1) is 11.6 Å². The van der Waals surface area contributed by atoms with Crippen LogP contribution in [-0.4, -0.2) is 16.2 Å². The molecule has 2 heteroatoms. The van der Waals surface area contributed by atoms with Crippen LogP contribution in [-0.2, 0) is 6.42 Å². The highest BCUT2D eigenvalue weighted by Crippen LogP contribution is 2.21. The maximum atomic E-state index is 10.0. The maximum absolute atomic E-state index is 10.0. The fourth-order valence-electron chi connectivity index (χ4n) is 2.02. The van der Waals surface area contributed by atoms with E-state index in [1.54, 1.807) is 0 Å². The zero-order chi connectivity index (χ0) is 12.4. The molecule has 0 aliphatic heterocycles. The van der Waals surface area contributed by atoms with Gasteiger partial charge in [0.15, 0.2) is 0 Å². The number of fused-ring (bicyclic) bond motifs is 1. The third-order valence-electron chi connectivity index (χ3n) is 3.13. The predicted molar refractivity (Wildman–Crippen MR) is 71.0 cm³/mol. The normalized spacial score (nSPS) is 13.2. The van der Waals surface area contributed by atoms with Crippen LogP contribution >= 0.6 is 0 Å². The largest absolute Gasteiger partial charge is 0.393 e. The van der Waals surface area contributed by atoms with Crippen LogP contribution in [0, 0.1) is 12.8 Å². The number of pyridine rings is 1. The van der Waals surface area contributed by atoms with Crippen LogP contribution in [0.5, 0.6) is 0 Å². The van der Waals surface area contributed by atoms with Gasteiger partial charge in [-0.05, 0) is 37.0 Å². The van der Waals surface area contributed by atoms with E-state index in [9.17, 15) is 5.11 Å². The molecule has 0 radical (unpaired) electrons. The van der Waals surface area contributed by atoms with Crippen molar-refractivity contribution < 1.29 is 5.11 Å². The number of aromatic nitrogens is 1. The van der Waals surface area contributed by atoms with E-state index in [1.165, 1.54) is 5.56 Å². The predicted octanol–water partition coefficient (Wildman–Crippen LogP) is 3.10. The number of para-hydroxylation sites is 1. The number of rotatable bonds is 3. The average Bonchev–Trinajstić information content (AvgIpc) is 2.28. The lowest BCUT2D eigenvalue weighted by atomic mass is 9.96. The molecule has 0 aliphatic carbocycles. The molecule has 0 saturated carbocycles. The van der Waals surface area contributed by atoms with E-state index < -0.39 is 0 Å². The van der Waals surface area contributed by atoms with Crippen molar-refractivity contribution in [2.75, 3.05) is 0 Å². The first kappa shape index (κ1) is 12.1. The minimum atomic E-state index is -0.291. The molecular weight excluding hydrogens is 210 g/mol. The number of benzene rings is 1.